The Kier molecular flexibility index (Phi) is 11.6. The van der Waals surface area contributed by atoms with Crippen molar-refractivity contribution in [3.63, 3.8) is 0 Å². The van der Waals surface area contributed by atoms with Crippen LogP contribution in [0.3, 0.4) is 0 Å². The molecule has 2 aromatic rings. The van der Waals surface area contributed by atoms with Crippen molar-refractivity contribution in [2.75, 3.05) is 52.3 Å². The number of benzene rings is 2. The molecule has 3 rings (SSSR count). The van der Waals surface area contributed by atoms with Gasteiger partial charge in [-0.25, -0.2) is 8.42 Å². The lowest BCUT2D eigenvalue weighted by Crippen LogP contribution is -2.48. The van der Waals surface area contributed by atoms with E-state index >= 15 is 0 Å². The van der Waals surface area contributed by atoms with E-state index in [1.807, 2.05) is 58.0 Å². The highest BCUT2D eigenvalue weighted by Gasteiger charge is 2.32. The average Bonchev–Trinajstić information content (AvgIpc) is 2.93. The zero-order chi connectivity index (χ0) is 30.3. The zero-order valence-electron chi connectivity index (χ0n) is 25.5. The first-order valence-corrected chi connectivity index (χ1v) is 15.8. The number of aliphatic hydroxyl groups is 1. The molecule has 0 saturated carbocycles. The number of likely N-dealkylation sites (N-methyl/N-ethyl adjacent to an activating group) is 1. The average molecular weight is 590 g/mol. The van der Waals surface area contributed by atoms with E-state index in [0.717, 1.165) is 30.5 Å². The van der Waals surface area contributed by atoms with Gasteiger partial charge in [0.2, 0.25) is 10.0 Å². The van der Waals surface area contributed by atoms with E-state index in [2.05, 4.69) is 0 Å². The van der Waals surface area contributed by atoms with Crippen LogP contribution < -0.4 is 9.64 Å². The number of carbonyl (C=O) groups is 1. The molecule has 0 unspecified atom stereocenters. The molecule has 1 heterocycles. The van der Waals surface area contributed by atoms with Crippen molar-refractivity contribution in [1.82, 2.24) is 9.21 Å². The number of carbonyl (C=O) groups excluding carboxylic acids is 1. The Morgan fingerprint density at radius 3 is 2.39 bits per heavy atom. The topological polar surface area (TPSA) is 99.6 Å². The fourth-order valence-corrected chi connectivity index (χ4v) is 6.08. The van der Waals surface area contributed by atoms with Crippen molar-refractivity contribution < 1.29 is 27.8 Å². The quantitative estimate of drug-likeness (QED) is 0.517. The summed E-state index contributed by atoms with van der Waals surface area (Å²) in [5, 5.41) is 10.1. The Labute approximate surface area is 246 Å². The Hall–Kier alpha value is -2.66. The first kappa shape index (κ1) is 32.8. The number of nitrogens with zero attached hydrogens (tertiary/aromatic N) is 3. The van der Waals surface area contributed by atoms with E-state index in [-0.39, 0.29) is 42.5 Å². The molecule has 0 radical (unpaired) electrons. The molecule has 41 heavy (non-hydrogen) atoms. The third-order valence-electron chi connectivity index (χ3n) is 7.72. The maximum absolute atomic E-state index is 14.1. The largest absolute Gasteiger partial charge is 0.490 e. The molecule has 4 atom stereocenters. The van der Waals surface area contributed by atoms with Crippen LogP contribution >= 0.6 is 0 Å². The number of ether oxygens (including phenoxy) is 2. The monoisotopic (exact) mass is 589 g/mol. The third-order valence-corrected chi connectivity index (χ3v) is 9.56. The Morgan fingerprint density at radius 2 is 1.76 bits per heavy atom. The van der Waals surface area contributed by atoms with Crippen LogP contribution in [0, 0.1) is 12.8 Å². The molecular formula is C31H47N3O6S. The molecule has 1 N–H and O–H groups in total. The van der Waals surface area contributed by atoms with E-state index in [1.165, 1.54) is 4.31 Å². The van der Waals surface area contributed by atoms with Gasteiger partial charge < -0.3 is 24.4 Å². The maximum Gasteiger partial charge on any atom is 0.258 e. The lowest BCUT2D eigenvalue weighted by Gasteiger charge is -2.35. The predicted octanol–water partition coefficient (Wildman–Crippen LogP) is 4.18. The van der Waals surface area contributed by atoms with Crippen molar-refractivity contribution in [2.45, 2.75) is 70.1 Å². The second kappa shape index (κ2) is 14.5. The number of hydrogen-bond acceptors (Lipinski definition) is 7. The van der Waals surface area contributed by atoms with E-state index in [1.54, 1.807) is 43.1 Å². The molecule has 0 fully saturated rings. The zero-order valence-corrected chi connectivity index (χ0v) is 26.4. The van der Waals surface area contributed by atoms with Crippen molar-refractivity contribution in [3.05, 3.63) is 53.6 Å². The van der Waals surface area contributed by atoms with Crippen LogP contribution in [0.25, 0.3) is 0 Å². The number of aliphatic hydroxyl groups excluding tert-OH is 1. The Bertz CT molecular complexity index is 1250. The highest BCUT2D eigenvalue weighted by atomic mass is 32.2. The van der Waals surface area contributed by atoms with Crippen molar-refractivity contribution >= 4 is 21.6 Å². The molecular weight excluding hydrogens is 542 g/mol. The number of rotatable bonds is 7. The summed E-state index contributed by atoms with van der Waals surface area (Å²) in [4.78, 5) is 17.9. The number of anilines is 1. The fraction of sp³-hybridized carbons (Fsp3) is 0.581. The number of aryl methyl sites for hydroxylation is 1. The van der Waals surface area contributed by atoms with Crippen LogP contribution in [0.2, 0.25) is 0 Å². The van der Waals surface area contributed by atoms with Crippen LogP contribution in [-0.4, -0.2) is 94.3 Å². The van der Waals surface area contributed by atoms with Crippen LogP contribution in [0.1, 0.15) is 56.0 Å². The summed E-state index contributed by atoms with van der Waals surface area (Å²) in [6, 6.07) is 11.9. The first-order valence-electron chi connectivity index (χ1n) is 14.4. The standard InChI is InChI=1S/C31H47N3O6S/c1-22-11-14-27(15-12-22)41(37,38)33(7)20-30-23(2)19-34(24(3)21-35)31(36)28-18-26(32(5)6)13-16-29(28)40-25(4)10-8-9-17-39-30/h11-16,18,23-25,30,35H,8-10,17,19-21H2,1-7H3/t23-,24+,25-,30-/m0/s1. The minimum absolute atomic E-state index is 0.112. The van der Waals surface area contributed by atoms with Gasteiger partial charge in [-0.15, -0.1) is 0 Å². The lowest BCUT2D eigenvalue weighted by atomic mass is 10.0. The van der Waals surface area contributed by atoms with Gasteiger partial charge in [-0.3, -0.25) is 4.79 Å². The predicted molar refractivity (Wildman–Crippen MR) is 162 cm³/mol. The molecule has 1 amide bonds. The van der Waals surface area contributed by atoms with Gasteiger partial charge in [-0.2, -0.15) is 4.31 Å². The van der Waals surface area contributed by atoms with Crippen LogP contribution in [-0.2, 0) is 14.8 Å². The minimum atomic E-state index is -3.73. The van der Waals surface area contributed by atoms with Crippen molar-refractivity contribution in [2.24, 2.45) is 5.92 Å². The Balaban J connectivity index is 1.96. The SMILES string of the molecule is Cc1ccc(S(=O)(=O)N(C)C[C@@H]2OCCCC[C@H](C)Oc3ccc(N(C)C)cc3C(=O)N([C@H](C)CO)C[C@@H]2C)cc1. The molecule has 0 spiro atoms. The molecule has 10 heteroatoms. The van der Waals surface area contributed by atoms with Gasteiger partial charge in [0.25, 0.3) is 5.91 Å². The second-order valence-electron chi connectivity index (χ2n) is 11.5. The summed E-state index contributed by atoms with van der Waals surface area (Å²) in [5.41, 5.74) is 2.28. The summed E-state index contributed by atoms with van der Waals surface area (Å²) in [6.07, 6.45) is 1.87. The van der Waals surface area contributed by atoms with Gasteiger partial charge in [0.05, 0.1) is 35.3 Å². The van der Waals surface area contributed by atoms with E-state index in [9.17, 15) is 18.3 Å². The van der Waals surface area contributed by atoms with Gasteiger partial charge in [0.1, 0.15) is 5.75 Å². The van der Waals surface area contributed by atoms with Gasteiger partial charge in [-0.1, -0.05) is 24.6 Å². The lowest BCUT2D eigenvalue weighted by molar-refractivity contribution is -0.00833. The molecule has 228 valence electrons. The number of fused-ring (bicyclic) bond motifs is 1. The maximum atomic E-state index is 14.1. The molecule has 0 bridgehead atoms. The fourth-order valence-electron chi connectivity index (χ4n) is 4.89. The molecule has 0 aliphatic carbocycles. The summed E-state index contributed by atoms with van der Waals surface area (Å²) in [6.45, 7) is 8.32. The summed E-state index contributed by atoms with van der Waals surface area (Å²) in [7, 11) is 1.66. The van der Waals surface area contributed by atoms with Crippen LogP contribution in [0.4, 0.5) is 5.69 Å². The number of amides is 1. The molecule has 2 aromatic carbocycles. The smallest absolute Gasteiger partial charge is 0.258 e. The summed E-state index contributed by atoms with van der Waals surface area (Å²) >= 11 is 0. The normalized spacial score (nSPS) is 22.0. The van der Waals surface area contributed by atoms with Crippen LogP contribution in [0.15, 0.2) is 47.4 Å². The molecule has 0 aromatic heterocycles. The van der Waals surface area contributed by atoms with Gasteiger partial charge in [0, 0.05) is 52.4 Å². The van der Waals surface area contributed by atoms with E-state index < -0.39 is 22.2 Å². The summed E-state index contributed by atoms with van der Waals surface area (Å²) < 4.78 is 40.6. The van der Waals surface area contributed by atoms with Crippen LogP contribution in [0.5, 0.6) is 5.75 Å². The molecule has 0 saturated heterocycles. The van der Waals surface area contributed by atoms with Gasteiger partial charge in [-0.05, 0) is 70.4 Å². The van der Waals surface area contributed by atoms with E-state index in [0.29, 0.717) is 17.9 Å². The highest BCUT2D eigenvalue weighted by molar-refractivity contribution is 7.89. The molecule has 1 aliphatic heterocycles. The Morgan fingerprint density at radius 1 is 1.07 bits per heavy atom. The number of sulfonamides is 1. The third kappa shape index (κ3) is 8.44. The molecule has 1 aliphatic rings. The van der Waals surface area contributed by atoms with Gasteiger partial charge in [0.15, 0.2) is 0 Å². The van der Waals surface area contributed by atoms with Crippen molar-refractivity contribution in [3.8, 4) is 5.75 Å². The highest BCUT2D eigenvalue weighted by Crippen LogP contribution is 2.29. The summed E-state index contributed by atoms with van der Waals surface area (Å²) in [5.74, 6) is 0.0392. The minimum Gasteiger partial charge on any atom is -0.490 e. The van der Waals surface area contributed by atoms with E-state index in [4.69, 9.17) is 9.47 Å². The second-order valence-corrected chi connectivity index (χ2v) is 13.5. The van der Waals surface area contributed by atoms with Gasteiger partial charge >= 0.3 is 0 Å². The van der Waals surface area contributed by atoms with Crippen molar-refractivity contribution in [1.29, 1.82) is 0 Å². The molecule has 9 nitrogen and oxygen atoms in total. The number of hydrogen-bond donors (Lipinski definition) is 1. The first-order chi connectivity index (χ1) is 19.3.